The van der Waals surface area contributed by atoms with Crippen LogP contribution in [0.2, 0.25) is 0 Å². The topological polar surface area (TPSA) is 64.9 Å². The van der Waals surface area contributed by atoms with Crippen LogP contribution in [0.25, 0.3) is 0 Å². The molecule has 0 atom stereocenters. The fourth-order valence-electron chi connectivity index (χ4n) is 1.29. The van der Waals surface area contributed by atoms with Gasteiger partial charge in [-0.1, -0.05) is 6.92 Å². The molecule has 1 aliphatic heterocycles. The molecule has 0 aliphatic carbocycles. The second kappa shape index (κ2) is 4.51. The minimum atomic E-state index is -0.937. The quantitative estimate of drug-likeness (QED) is 0.730. The van der Waals surface area contributed by atoms with Crippen molar-refractivity contribution in [2.75, 3.05) is 13.1 Å². The van der Waals surface area contributed by atoms with Gasteiger partial charge in [0.1, 0.15) is 0 Å². The van der Waals surface area contributed by atoms with Crippen LogP contribution in [-0.4, -0.2) is 40.7 Å². The molecule has 0 fully saturated rings. The smallest absolute Gasteiger partial charge is 0.414 e. The highest BCUT2D eigenvalue weighted by molar-refractivity contribution is 5.94. The number of amides is 1. The Kier molecular flexibility index (Phi) is 3.55. The lowest BCUT2D eigenvalue weighted by atomic mass is 10.0. The lowest BCUT2D eigenvalue weighted by Crippen LogP contribution is -2.54. The molecule has 5 nitrogen and oxygen atoms in total. The highest BCUT2D eigenvalue weighted by atomic mass is 16.4. The summed E-state index contributed by atoms with van der Waals surface area (Å²) < 4.78 is 0. The zero-order valence-electron chi connectivity index (χ0n) is 9.58. The average molecular weight is 213 g/mol. The molecule has 15 heavy (non-hydrogen) atoms. The van der Waals surface area contributed by atoms with Gasteiger partial charge in [-0.2, -0.15) is 0 Å². The number of aliphatic imine (C=N–C) groups is 1. The van der Waals surface area contributed by atoms with Crippen molar-refractivity contribution in [3.63, 3.8) is 0 Å². The van der Waals surface area contributed by atoms with E-state index in [-0.39, 0.29) is 5.54 Å². The van der Waals surface area contributed by atoms with Crippen LogP contribution in [0.15, 0.2) is 4.99 Å². The molecular formula is C10H19N3O2. The zero-order chi connectivity index (χ0) is 11.5. The van der Waals surface area contributed by atoms with Gasteiger partial charge in [-0.05, 0) is 26.7 Å². The summed E-state index contributed by atoms with van der Waals surface area (Å²) in [6.45, 7) is 7.35. The molecule has 0 saturated heterocycles. The normalized spacial score (nSPS) is 17.3. The van der Waals surface area contributed by atoms with E-state index in [4.69, 9.17) is 5.11 Å². The van der Waals surface area contributed by atoms with Crippen molar-refractivity contribution in [1.82, 2.24) is 10.2 Å². The number of guanidine groups is 1. The molecule has 0 spiro atoms. The maximum Gasteiger partial charge on any atom is 0.414 e. The maximum atomic E-state index is 10.9. The first kappa shape index (κ1) is 11.8. The molecule has 0 unspecified atom stereocenters. The van der Waals surface area contributed by atoms with Gasteiger partial charge in [0.25, 0.3) is 0 Å². The predicted octanol–water partition coefficient (Wildman–Crippen LogP) is 1.50. The van der Waals surface area contributed by atoms with E-state index in [1.54, 1.807) is 0 Å². The summed E-state index contributed by atoms with van der Waals surface area (Å²) in [6.07, 6.45) is 0.775. The van der Waals surface area contributed by atoms with E-state index >= 15 is 0 Å². The van der Waals surface area contributed by atoms with Crippen molar-refractivity contribution in [2.24, 2.45) is 4.99 Å². The minimum Gasteiger partial charge on any atom is -0.465 e. The largest absolute Gasteiger partial charge is 0.465 e. The molecule has 0 radical (unpaired) electrons. The van der Waals surface area contributed by atoms with Gasteiger partial charge in [0.05, 0.1) is 0 Å². The fraction of sp³-hybridized carbons (Fsp3) is 0.800. The van der Waals surface area contributed by atoms with E-state index in [0.29, 0.717) is 19.0 Å². The van der Waals surface area contributed by atoms with Gasteiger partial charge in [0.15, 0.2) is 0 Å². The van der Waals surface area contributed by atoms with E-state index in [9.17, 15) is 4.79 Å². The Labute approximate surface area is 90.2 Å². The second-order valence-electron chi connectivity index (χ2n) is 4.36. The molecule has 0 aromatic heterocycles. The van der Waals surface area contributed by atoms with Gasteiger partial charge in [-0.3, -0.25) is 4.99 Å². The van der Waals surface area contributed by atoms with Crippen molar-refractivity contribution in [2.45, 2.75) is 39.2 Å². The molecule has 1 amide bonds. The summed E-state index contributed by atoms with van der Waals surface area (Å²) in [6, 6.07) is 0. The predicted molar refractivity (Wildman–Crippen MR) is 59.2 cm³/mol. The molecule has 1 heterocycles. The molecule has 0 aromatic carbocycles. The third kappa shape index (κ3) is 3.11. The number of hydrogen-bond donors (Lipinski definition) is 2. The van der Waals surface area contributed by atoms with Crippen LogP contribution in [0.4, 0.5) is 4.79 Å². The molecule has 0 bridgehead atoms. The summed E-state index contributed by atoms with van der Waals surface area (Å²) in [5, 5.41) is 12.2. The number of nitrogens with one attached hydrogen (secondary N) is 1. The van der Waals surface area contributed by atoms with Crippen molar-refractivity contribution < 1.29 is 9.90 Å². The number of rotatable bonds is 2. The van der Waals surface area contributed by atoms with E-state index in [1.807, 2.05) is 13.8 Å². The third-order valence-corrected chi connectivity index (χ3v) is 2.62. The first-order valence-electron chi connectivity index (χ1n) is 5.29. The monoisotopic (exact) mass is 213 g/mol. The molecule has 1 aliphatic rings. The zero-order valence-corrected chi connectivity index (χ0v) is 9.58. The first-order valence-corrected chi connectivity index (χ1v) is 5.29. The number of carbonyl (C=O) groups is 1. The van der Waals surface area contributed by atoms with Crippen LogP contribution in [0.5, 0.6) is 0 Å². The van der Waals surface area contributed by atoms with Gasteiger partial charge < -0.3 is 10.4 Å². The number of hydrogen-bond acceptors (Lipinski definition) is 3. The Balaban J connectivity index is 2.73. The Morgan fingerprint density at radius 2 is 2.33 bits per heavy atom. The Morgan fingerprint density at radius 3 is 2.87 bits per heavy atom. The van der Waals surface area contributed by atoms with Crippen molar-refractivity contribution >= 4 is 12.1 Å². The fourth-order valence-corrected chi connectivity index (χ4v) is 1.29. The summed E-state index contributed by atoms with van der Waals surface area (Å²) in [4.78, 5) is 16.4. The van der Waals surface area contributed by atoms with E-state index in [2.05, 4.69) is 17.2 Å². The van der Waals surface area contributed by atoms with E-state index < -0.39 is 6.09 Å². The summed E-state index contributed by atoms with van der Waals surface area (Å²) in [5.41, 5.74) is -0.121. The Morgan fingerprint density at radius 1 is 1.67 bits per heavy atom. The van der Waals surface area contributed by atoms with Crippen molar-refractivity contribution in [3.8, 4) is 0 Å². The Hall–Kier alpha value is -1.26. The van der Waals surface area contributed by atoms with Crippen molar-refractivity contribution in [1.29, 1.82) is 0 Å². The third-order valence-electron chi connectivity index (χ3n) is 2.62. The molecule has 5 heteroatoms. The summed E-state index contributed by atoms with van der Waals surface area (Å²) >= 11 is 0. The lowest BCUT2D eigenvalue weighted by Gasteiger charge is -2.32. The molecule has 86 valence electrons. The minimum absolute atomic E-state index is 0.121. The van der Waals surface area contributed by atoms with Gasteiger partial charge >= 0.3 is 6.09 Å². The van der Waals surface area contributed by atoms with Crippen molar-refractivity contribution in [3.05, 3.63) is 0 Å². The van der Waals surface area contributed by atoms with E-state index in [0.717, 1.165) is 12.8 Å². The molecule has 0 aromatic rings. The van der Waals surface area contributed by atoms with Crippen LogP contribution in [0.1, 0.15) is 33.6 Å². The molecule has 2 N–H and O–H groups in total. The van der Waals surface area contributed by atoms with Crippen LogP contribution in [-0.2, 0) is 0 Å². The molecule has 1 rings (SSSR count). The van der Waals surface area contributed by atoms with E-state index in [1.165, 1.54) is 4.90 Å². The van der Waals surface area contributed by atoms with Gasteiger partial charge in [0, 0.05) is 18.6 Å². The Bertz CT molecular complexity index is 274. The second-order valence-corrected chi connectivity index (χ2v) is 4.36. The summed E-state index contributed by atoms with van der Waals surface area (Å²) in [7, 11) is 0. The van der Waals surface area contributed by atoms with Gasteiger partial charge in [0.2, 0.25) is 5.96 Å². The van der Waals surface area contributed by atoms with Crippen LogP contribution in [0.3, 0.4) is 0 Å². The number of carboxylic acid groups (broad SMARTS) is 1. The lowest BCUT2D eigenvalue weighted by molar-refractivity contribution is 0.165. The highest BCUT2D eigenvalue weighted by Gasteiger charge is 2.25. The SMILES string of the molecule is CCC(C)(C)NC1=NCCCN1C(=O)O. The maximum absolute atomic E-state index is 10.9. The van der Waals surface area contributed by atoms with Crippen LogP contribution in [0, 0.1) is 0 Å². The standard InChI is InChI=1S/C10H19N3O2/c1-4-10(2,3)12-8-11-6-5-7-13(8)9(14)15/h4-7H2,1-3H3,(H,11,12)(H,14,15). The van der Waals surface area contributed by atoms with Gasteiger partial charge in [-0.25, -0.2) is 9.69 Å². The summed E-state index contributed by atoms with van der Waals surface area (Å²) in [5.74, 6) is 0.487. The molecule has 0 saturated carbocycles. The molecular weight excluding hydrogens is 194 g/mol. The van der Waals surface area contributed by atoms with Crippen LogP contribution < -0.4 is 5.32 Å². The first-order chi connectivity index (χ1) is 6.96. The highest BCUT2D eigenvalue weighted by Crippen LogP contribution is 2.10. The number of nitrogens with zero attached hydrogens (tertiary/aromatic N) is 2. The van der Waals surface area contributed by atoms with Gasteiger partial charge in [-0.15, -0.1) is 0 Å². The average Bonchev–Trinajstić information content (AvgIpc) is 2.18. The van der Waals surface area contributed by atoms with Crippen LogP contribution >= 0.6 is 0 Å².